The predicted molar refractivity (Wildman–Crippen MR) is 126 cm³/mol. The Balaban J connectivity index is 1.90. The van der Waals surface area contributed by atoms with Gasteiger partial charge in [0.1, 0.15) is 22.3 Å². The molecule has 0 saturated heterocycles. The number of non-ortho nitro benzene ring substituents is 1. The summed E-state index contributed by atoms with van der Waals surface area (Å²) in [5, 5.41) is 23.2. The van der Waals surface area contributed by atoms with Gasteiger partial charge in [0, 0.05) is 22.7 Å². The zero-order valence-corrected chi connectivity index (χ0v) is 19.3. The first kappa shape index (κ1) is 24.7. The molecule has 1 N–H and O–H groups in total. The Morgan fingerprint density at radius 1 is 1.09 bits per heavy atom. The molecule has 172 valence electrons. The van der Waals surface area contributed by atoms with E-state index in [4.69, 9.17) is 27.4 Å². The zero-order chi connectivity index (χ0) is 24.9. The quantitative estimate of drug-likeness (QED) is 0.149. The van der Waals surface area contributed by atoms with Crippen molar-refractivity contribution in [1.82, 2.24) is 0 Å². The number of anilines is 1. The zero-order valence-electron chi connectivity index (χ0n) is 16.9. The number of carbonyl (C=O) groups excluding carboxylic acids is 1. The van der Waals surface area contributed by atoms with E-state index in [2.05, 4.69) is 5.32 Å². The lowest BCUT2D eigenvalue weighted by molar-refractivity contribution is -0.384. The van der Waals surface area contributed by atoms with Crippen LogP contribution in [0.25, 0.3) is 6.08 Å². The van der Waals surface area contributed by atoms with Gasteiger partial charge in [-0.1, -0.05) is 41.4 Å². The molecular weight excluding hydrogens is 505 g/mol. The Bertz CT molecular complexity index is 1450. The normalized spacial score (nSPS) is 11.4. The minimum atomic E-state index is -4.37. The van der Waals surface area contributed by atoms with Crippen LogP contribution in [0.1, 0.15) is 5.56 Å². The summed E-state index contributed by atoms with van der Waals surface area (Å²) < 4.78 is 30.5. The summed E-state index contributed by atoms with van der Waals surface area (Å²) in [4.78, 5) is 22.4. The highest BCUT2D eigenvalue weighted by Crippen LogP contribution is 2.28. The molecule has 0 aliphatic heterocycles. The number of rotatable bonds is 7. The molecule has 9 nitrogen and oxygen atoms in total. The van der Waals surface area contributed by atoms with Gasteiger partial charge in [0.25, 0.3) is 11.6 Å². The molecule has 0 bridgehead atoms. The summed E-state index contributed by atoms with van der Waals surface area (Å²) in [6, 6.07) is 16.1. The fourth-order valence-electron chi connectivity index (χ4n) is 2.66. The fraction of sp³-hybridized carbons (Fsp3) is 0. The van der Waals surface area contributed by atoms with Gasteiger partial charge < -0.3 is 9.50 Å². The molecule has 0 atom stereocenters. The third kappa shape index (κ3) is 5.90. The lowest BCUT2D eigenvalue weighted by Gasteiger charge is -2.10. The van der Waals surface area contributed by atoms with Crippen molar-refractivity contribution >= 4 is 56.7 Å². The highest BCUT2D eigenvalue weighted by Gasteiger charge is 2.20. The van der Waals surface area contributed by atoms with Crippen LogP contribution in [0.3, 0.4) is 0 Å². The average Bonchev–Trinajstić information content (AvgIpc) is 2.80. The number of hydrogen-bond acceptors (Lipinski definition) is 7. The summed E-state index contributed by atoms with van der Waals surface area (Å²) in [6.45, 7) is 0. The molecule has 0 unspecified atom stereocenters. The minimum Gasteiger partial charge on any atom is -0.378 e. The van der Waals surface area contributed by atoms with Crippen LogP contribution in [0, 0.1) is 21.4 Å². The van der Waals surface area contributed by atoms with Crippen LogP contribution in [0.4, 0.5) is 11.4 Å². The molecule has 0 aliphatic carbocycles. The van der Waals surface area contributed by atoms with E-state index in [9.17, 15) is 28.6 Å². The van der Waals surface area contributed by atoms with E-state index >= 15 is 0 Å². The number of nitro benzene ring substituents is 1. The first-order valence-corrected chi connectivity index (χ1v) is 11.4. The molecule has 0 spiro atoms. The molecule has 3 aromatic carbocycles. The largest absolute Gasteiger partial charge is 0.378 e. The fourth-order valence-corrected chi connectivity index (χ4v) is 3.95. The van der Waals surface area contributed by atoms with Crippen molar-refractivity contribution in [1.29, 1.82) is 5.26 Å². The van der Waals surface area contributed by atoms with Crippen LogP contribution in [0.2, 0.25) is 10.0 Å². The highest BCUT2D eigenvalue weighted by atomic mass is 35.5. The summed E-state index contributed by atoms with van der Waals surface area (Å²) in [5.41, 5.74) is -0.339. The van der Waals surface area contributed by atoms with Crippen LogP contribution in [-0.4, -0.2) is 19.2 Å². The van der Waals surface area contributed by atoms with Crippen LogP contribution in [0.5, 0.6) is 5.75 Å². The smallest absolute Gasteiger partial charge is 0.339 e. The Morgan fingerprint density at radius 3 is 2.41 bits per heavy atom. The van der Waals surface area contributed by atoms with Gasteiger partial charge in [0.05, 0.1) is 15.6 Å². The number of nitriles is 1. The van der Waals surface area contributed by atoms with E-state index in [0.29, 0.717) is 5.02 Å². The number of para-hydroxylation sites is 1. The Morgan fingerprint density at radius 2 is 1.76 bits per heavy atom. The second-order valence-electron chi connectivity index (χ2n) is 6.57. The first-order valence-electron chi connectivity index (χ1n) is 9.27. The molecule has 0 aromatic heterocycles. The van der Waals surface area contributed by atoms with Crippen molar-refractivity contribution in [2.75, 3.05) is 5.32 Å². The molecule has 12 heteroatoms. The topological polar surface area (TPSA) is 139 Å². The van der Waals surface area contributed by atoms with E-state index in [1.165, 1.54) is 36.4 Å². The van der Waals surface area contributed by atoms with Gasteiger partial charge in [-0.2, -0.15) is 13.7 Å². The molecule has 3 aromatic rings. The number of carbonyl (C=O) groups is 1. The van der Waals surface area contributed by atoms with Crippen LogP contribution in [0.15, 0.2) is 77.2 Å². The molecule has 0 fully saturated rings. The van der Waals surface area contributed by atoms with Crippen molar-refractivity contribution in [2.24, 2.45) is 0 Å². The molecule has 34 heavy (non-hydrogen) atoms. The standard InChI is InChI=1S/C22H13Cl2N3O6S/c23-16-5-10-19(24)20(12-16)26-22(28)15(13-25)11-14-3-1-2-4-21(14)33-34(31,32)18-8-6-17(7-9-18)27(29)30/h1-12H,(H,26,28)/b15-11-. The lowest BCUT2D eigenvalue weighted by atomic mass is 10.1. The van der Waals surface area contributed by atoms with Gasteiger partial charge in [-0.15, -0.1) is 0 Å². The first-order chi connectivity index (χ1) is 16.1. The monoisotopic (exact) mass is 517 g/mol. The number of nitrogens with zero attached hydrogens (tertiary/aromatic N) is 2. The van der Waals surface area contributed by atoms with Crippen LogP contribution in [-0.2, 0) is 14.9 Å². The van der Waals surface area contributed by atoms with Gasteiger partial charge in [0.15, 0.2) is 0 Å². The number of halogens is 2. The number of amides is 1. The van der Waals surface area contributed by atoms with E-state index in [1.54, 1.807) is 12.1 Å². The second kappa shape index (κ2) is 10.4. The molecule has 0 aliphatic rings. The van der Waals surface area contributed by atoms with E-state index in [1.807, 2.05) is 0 Å². The predicted octanol–water partition coefficient (Wildman–Crippen LogP) is 5.21. The van der Waals surface area contributed by atoms with Crippen molar-refractivity contribution in [3.63, 3.8) is 0 Å². The summed E-state index contributed by atoms with van der Waals surface area (Å²) in [6.07, 6.45) is 1.15. The number of hydrogen-bond donors (Lipinski definition) is 1. The molecule has 1 amide bonds. The molecular formula is C22H13Cl2N3O6S. The number of benzene rings is 3. The van der Waals surface area contributed by atoms with E-state index < -0.39 is 20.9 Å². The third-order valence-electron chi connectivity index (χ3n) is 4.30. The average molecular weight is 518 g/mol. The van der Waals surface area contributed by atoms with Crippen molar-refractivity contribution < 1.29 is 22.3 Å². The molecule has 0 radical (unpaired) electrons. The molecule has 0 saturated carbocycles. The van der Waals surface area contributed by atoms with Crippen molar-refractivity contribution in [2.45, 2.75) is 4.90 Å². The molecule has 3 rings (SSSR count). The Kier molecular flexibility index (Phi) is 7.53. The summed E-state index contributed by atoms with van der Waals surface area (Å²) in [5.74, 6) is -0.970. The van der Waals surface area contributed by atoms with E-state index in [0.717, 1.165) is 30.3 Å². The van der Waals surface area contributed by atoms with E-state index in [-0.39, 0.29) is 38.2 Å². The van der Waals surface area contributed by atoms with Crippen molar-refractivity contribution in [3.8, 4) is 11.8 Å². The molecule has 0 heterocycles. The maximum absolute atomic E-state index is 12.7. The maximum Gasteiger partial charge on any atom is 0.339 e. The maximum atomic E-state index is 12.7. The van der Waals surface area contributed by atoms with Gasteiger partial charge >= 0.3 is 10.1 Å². The third-order valence-corrected chi connectivity index (χ3v) is 6.11. The number of nitrogens with one attached hydrogen (secondary N) is 1. The SMILES string of the molecule is N#C/C(=C/c1ccccc1OS(=O)(=O)c1ccc([N+](=O)[O-])cc1)C(=O)Nc1cc(Cl)ccc1Cl. The van der Waals surface area contributed by atoms with Gasteiger partial charge in [-0.05, 0) is 42.5 Å². The van der Waals surface area contributed by atoms with Gasteiger partial charge in [-0.3, -0.25) is 14.9 Å². The van der Waals surface area contributed by atoms with Crippen molar-refractivity contribution in [3.05, 3.63) is 98.0 Å². The van der Waals surface area contributed by atoms with Gasteiger partial charge in [0.2, 0.25) is 0 Å². The van der Waals surface area contributed by atoms with Gasteiger partial charge in [-0.25, -0.2) is 0 Å². The van der Waals surface area contributed by atoms with Crippen LogP contribution >= 0.6 is 23.2 Å². The summed E-state index contributed by atoms with van der Waals surface area (Å²) >= 11 is 11.9. The minimum absolute atomic E-state index is 0.122. The second-order valence-corrected chi connectivity index (χ2v) is 8.96. The number of nitro groups is 1. The lowest BCUT2D eigenvalue weighted by Crippen LogP contribution is -2.14. The Labute approximate surface area is 204 Å². The van der Waals surface area contributed by atoms with Crippen LogP contribution < -0.4 is 9.50 Å². The highest BCUT2D eigenvalue weighted by molar-refractivity contribution is 7.87. The summed E-state index contributed by atoms with van der Waals surface area (Å²) in [7, 11) is -4.37. The Hall–Kier alpha value is -3.91.